The predicted molar refractivity (Wildman–Crippen MR) is 163 cm³/mol. The molecule has 3 atom stereocenters. The first kappa shape index (κ1) is 27.7. The second-order valence-corrected chi connectivity index (χ2v) is 12.7. The molecule has 0 radical (unpaired) electrons. The van der Waals surface area contributed by atoms with E-state index in [-0.39, 0.29) is 29.8 Å². The minimum Gasteiger partial charge on any atom is -0.348 e. The number of carbonyl (C=O) groups excluding carboxylic acids is 2. The van der Waals surface area contributed by atoms with E-state index in [1.165, 1.54) is 0 Å². The molecule has 2 unspecified atom stereocenters. The van der Waals surface area contributed by atoms with Gasteiger partial charge in [0, 0.05) is 39.4 Å². The quantitative estimate of drug-likeness (QED) is 0.257. The van der Waals surface area contributed by atoms with Crippen LogP contribution in [0.25, 0.3) is 11.3 Å². The summed E-state index contributed by atoms with van der Waals surface area (Å²) in [7, 11) is 0. The fourth-order valence-electron chi connectivity index (χ4n) is 6.15. The lowest BCUT2D eigenvalue weighted by Gasteiger charge is -2.47. The number of nitrogens with zero attached hydrogens (tertiary/aromatic N) is 5. The van der Waals surface area contributed by atoms with Crippen LogP contribution in [-0.2, 0) is 11.2 Å². The lowest BCUT2D eigenvalue weighted by atomic mass is 9.84. The standard InChI is InChI=1S/C31H32BrClN6O2/c1-17(2)11-22-14-36-39-27-15-37(30(40)21-7-10-25(32)26(33)13-21)18(3)12-24(27)31(41)38(29(22)39)23-8-5-20(6-9-23)28-19(4)34-16-35-28/h5-10,13-14,16-18,24,27H,11-12,15H2,1-4H3,(H,34,35)/t18-,24?,27?/m1/s1. The van der Waals surface area contributed by atoms with E-state index in [2.05, 4.69) is 39.7 Å². The number of nitrogens with one attached hydrogen (secondary N) is 1. The minimum absolute atomic E-state index is 0.0438. The van der Waals surface area contributed by atoms with Gasteiger partial charge in [-0.05, 0) is 78.9 Å². The maximum Gasteiger partial charge on any atom is 0.254 e. The summed E-state index contributed by atoms with van der Waals surface area (Å²) >= 11 is 9.71. The number of H-pyrrole nitrogens is 1. The molecule has 2 aliphatic heterocycles. The molecule has 2 amide bonds. The minimum atomic E-state index is -0.310. The molecule has 0 aliphatic carbocycles. The zero-order chi connectivity index (χ0) is 29.0. The fourth-order valence-corrected chi connectivity index (χ4v) is 6.58. The van der Waals surface area contributed by atoms with Crippen molar-refractivity contribution in [3.8, 4) is 11.3 Å². The zero-order valence-electron chi connectivity index (χ0n) is 23.4. The molecule has 2 aromatic carbocycles. The van der Waals surface area contributed by atoms with E-state index < -0.39 is 0 Å². The van der Waals surface area contributed by atoms with Crippen molar-refractivity contribution in [1.29, 1.82) is 0 Å². The van der Waals surface area contributed by atoms with Gasteiger partial charge in [0.2, 0.25) is 5.91 Å². The summed E-state index contributed by atoms with van der Waals surface area (Å²) < 4.78 is 2.72. The SMILES string of the molecule is Cc1[nH]cnc1-c1ccc(N2C(=O)C3C[C@@H](C)N(C(=O)c4ccc(Br)c(Cl)c4)CC3n3ncc(CC(C)C)c32)cc1. The zero-order valence-corrected chi connectivity index (χ0v) is 25.8. The van der Waals surface area contributed by atoms with Gasteiger partial charge in [0.15, 0.2) is 0 Å². The molecule has 1 N–H and O–H groups in total. The summed E-state index contributed by atoms with van der Waals surface area (Å²) in [6, 6.07) is 12.9. The van der Waals surface area contributed by atoms with Gasteiger partial charge in [-0.1, -0.05) is 37.6 Å². The molecule has 0 saturated carbocycles. The molecule has 4 heterocycles. The van der Waals surface area contributed by atoms with E-state index in [1.54, 1.807) is 24.5 Å². The summed E-state index contributed by atoms with van der Waals surface area (Å²) in [6.45, 7) is 8.72. The number of halogens is 2. The second kappa shape index (κ2) is 10.8. The Kier molecular flexibility index (Phi) is 7.28. The highest BCUT2D eigenvalue weighted by atomic mass is 79.9. The van der Waals surface area contributed by atoms with Crippen molar-refractivity contribution in [2.75, 3.05) is 11.4 Å². The molecule has 10 heteroatoms. The van der Waals surface area contributed by atoms with Gasteiger partial charge in [-0.2, -0.15) is 5.10 Å². The van der Waals surface area contributed by atoms with Crippen LogP contribution in [0.3, 0.4) is 0 Å². The Morgan fingerprint density at radius 1 is 1.20 bits per heavy atom. The number of amides is 2. The Bertz CT molecular complexity index is 1630. The number of imidazole rings is 1. The van der Waals surface area contributed by atoms with Gasteiger partial charge < -0.3 is 9.88 Å². The number of piperidine rings is 1. The Morgan fingerprint density at radius 3 is 2.61 bits per heavy atom. The van der Waals surface area contributed by atoms with Crippen molar-refractivity contribution in [1.82, 2.24) is 24.6 Å². The number of hydrogen-bond donors (Lipinski definition) is 1. The van der Waals surface area contributed by atoms with Gasteiger partial charge in [-0.15, -0.1) is 0 Å². The molecule has 1 saturated heterocycles. The van der Waals surface area contributed by atoms with Crippen LogP contribution >= 0.6 is 27.5 Å². The van der Waals surface area contributed by atoms with Crippen LogP contribution in [-0.4, -0.2) is 49.0 Å². The number of aromatic nitrogens is 4. The molecular formula is C31H32BrClN6O2. The van der Waals surface area contributed by atoms with Crippen molar-refractivity contribution >= 4 is 50.9 Å². The number of rotatable bonds is 5. The normalized spacial score (nSPS) is 20.4. The summed E-state index contributed by atoms with van der Waals surface area (Å²) in [5.74, 6) is 0.815. The third-order valence-electron chi connectivity index (χ3n) is 8.17. The molecule has 2 aliphatic rings. The van der Waals surface area contributed by atoms with Crippen LogP contribution in [0, 0.1) is 18.8 Å². The van der Waals surface area contributed by atoms with E-state index in [4.69, 9.17) is 16.7 Å². The van der Waals surface area contributed by atoms with Crippen LogP contribution < -0.4 is 4.90 Å². The molecule has 1 fully saturated rings. The number of benzene rings is 2. The van der Waals surface area contributed by atoms with E-state index >= 15 is 0 Å². The summed E-state index contributed by atoms with van der Waals surface area (Å²) in [5, 5.41) is 5.32. The number of carbonyl (C=O) groups is 2. The summed E-state index contributed by atoms with van der Waals surface area (Å²) in [6.07, 6.45) is 4.90. The van der Waals surface area contributed by atoms with Crippen molar-refractivity contribution in [3.63, 3.8) is 0 Å². The van der Waals surface area contributed by atoms with E-state index in [1.807, 2.05) is 58.8 Å². The largest absolute Gasteiger partial charge is 0.348 e. The maximum atomic E-state index is 14.3. The number of likely N-dealkylation sites (tertiary alicyclic amines) is 1. The van der Waals surface area contributed by atoms with E-state index in [0.29, 0.717) is 29.5 Å². The Morgan fingerprint density at radius 2 is 1.95 bits per heavy atom. The molecule has 6 rings (SSSR count). The van der Waals surface area contributed by atoms with Gasteiger partial charge >= 0.3 is 0 Å². The van der Waals surface area contributed by atoms with Crippen molar-refractivity contribution in [2.24, 2.45) is 11.8 Å². The summed E-state index contributed by atoms with van der Waals surface area (Å²) in [4.78, 5) is 39.3. The summed E-state index contributed by atoms with van der Waals surface area (Å²) in [5.41, 5.74) is 5.22. The molecule has 212 valence electrons. The number of aryl methyl sites for hydroxylation is 1. The van der Waals surface area contributed by atoms with Gasteiger partial charge in [0.05, 0.1) is 40.9 Å². The van der Waals surface area contributed by atoms with Crippen LogP contribution in [0.1, 0.15) is 54.8 Å². The van der Waals surface area contributed by atoms with E-state index in [0.717, 1.165) is 44.9 Å². The first-order valence-electron chi connectivity index (χ1n) is 13.9. The lowest BCUT2D eigenvalue weighted by Crippen LogP contribution is -2.56. The van der Waals surface area contributed by atoms with Crippen molar-refractivity contribution in [2.45, 2.75) is 52.6 Å². The average molecular weight is 636 g/mol. The highest BCUT2D eigenvalue weighted by molar-refractivity contribution is 9.10. The monoisotopic (exact) mass is 634 g/mol. The average Bonchev–Trinajstić information content (AvgIpc) is 3.56. The molecule has 0 bridgehead atoms. The second-order valence-electron chi connectivity index (χ2n) is 11.5. The van der Waals surface area contributed by atoms with Gasteiger partial charge in [0.1, 0.15) is 5.82 Å². The molecule has 2 aromatic heterocycles. The molecular weight excluding hydrogens is 604 g/mol. The van der Waals surface area contributed by atoms with Gasteiger partial charge in [-0.3, -0.25) is 14.5 Å². The van der Waals surface area contributed by atoms with Crippen molar-refractivity contribution in [3.05, 3.63) is 81.3 Å². The fraction of sp³-hybridized carbons (Fsp3) is 0.355. The lowest BCUT2D eigenvalue weighted by molar-refractivity contribution is -0.126. The molecule has 0 spiro atoms. The Hall–Kier alpha value is -3.43. The molecule has 41 heavy (non-hydrogen) atoms. The molecule has 4 aromatic rings. The van der Waals surface area contributed by atoms with Gasteiger partial charge in [0.25, 0.3) is 5.91 Å². The van der Waals surface area contributed by atoms with Crippen LogP contribution in [0.2, 0.25) is 5.02 Å². The Balaban J connectivity index is 1.38. The molecule has 8 nitrogen and oxygen atoms in total. The van der Waals surface area contributed by atoms with E-state index in [9.17, 15) is 9.59 Å². The number of hydrogen-bond acceptors (Lipinski definition) is 4. The third kappa shape index (κ3) is 4.89. The van der Waals surface area contributed by atoms with Crippen LogP contribution in [0.4, 0.5) is 11.5 Å². The smallest absolute Gasteiger partial charge is 0.254 e. The number of aromatic amines is 1. The topological polar surface area (TPSA) is 87.1 Å². The first-order valence-corrected chi connectivity index (χ1v) is 15.1. The van der Waals surface area contributed by atoms with Crippen LogP contribution in [0.5, 0.6) is 0 Å². The van der Waals surface area contributed by atoms with Crippen LogP contribution in [0.15, 0.2) is 59.5 Å². The number of fused-ring (bicyclic) bond motifs is 3. The highest BCUT2D eigenvalue weighted by Crippen LogP contribution is 2.45. The third-order valence-corrected chi connectivity index (χ3v) is 9.40. The maximum absolute atomic E-state index is 14.3. The predicted octanol–water partition coefficient (Wildman–Crippen LogP) is 6.97. The first-order chi connectivity index (χ1) is 19.6. The van der Waals surface area contributed by atoms with Gasteiger partial charge in [-0.25, -0.2) is 9.67 Å². The Labute approximate surface area is 252 Å². The number of anilines is 2. The highest BCUT2D eigenvalue weighted by Gasteiger charge is 2.48. The van der Waals surface area contributed by atoms with Crippen molar-refractivity contribution < 1.29 is 9.59 Å².